The van der Waals surface area contributed by atoms with Crippen LogP contribution in [0.1, 0.15) is 40.9 Å². The molecule has 26 heavy (non-hydrogen) atoms. The van der Waals surface area contributed by atoms with Gasteiger partial charge >= 0.3 is 0 Å². The minimum absolute atomic E-state index is 0.200. The number of oxime groups is 1. The summed E-state index contributed by atoms with van der Waals surface area (Å²) in [6.45, 7) is 0. The summed E-state index contributed by atoms with van der Waals surface area (Å²) < 4.78 is 0. The van der Waals surface area contributed by atoms with Crippen molar-refractivity contribution < 1.29 is 5.21 Å². The monoisotopic (exact) mass is 361 g/mol. The third-order valence-corrected chi connectivity index (χ3v) is 6.20. The molecule has 0 bridgehead atoms. The van der Waals surface area contributed by atoms with Crippen molar-refractivity contribution in [1.82, 2.24) is 10.2 Å². The summed E-state index contributed by atoms with van der Waals surface area (Å²) in [7, 11) is 0. The number of allylic oxidation sites excluding steroid dienone is 1. The minimum atomic E-state index is -0.200. The molecule has 1 aromatic carbocycles. The van der Waals surface area contributed by atoms with Gasteiger partial charge in [-0.05, 0) is 40.8 Å². The Hall–Kier alpha value is -2.66. The van der Waals surface area contributed by atoms with Gasteiger partial charge < -0.3 is 5.21 Å². The molecule has 4 nitrogen and oxygen atoms in total. The van der Waals surface area contributed by atoms with Gasteiger partial charge in [-0.25, -0.2) is 0 Å². The number of H-pyrrole nitrogens is 1. The summed E-state index contributed by atoms with van der Waals surface area (Å²) in [5.74, 6) is 0.346. The summed E-state index contributed by atoms with van der Waals surface area (Å²) in [5.41, 5.74) is 6.04. The van der Waals surface area contributed by atoms with Crippen molar-refractivity contribution in [3.63, 3.8) is 0 Å². The lowest BCUT2D eigenvalue weighted by Gasteiger charge is -2.33. The second-order valence-corrected chi connectivity index (χ2v) is 7.86. The Bertz CT molecular complexity index is 984. The van der Waals surface area contributed by atoms with Crippen LogP contribution in [0.3, 0.4) is 0 Å². The largest absolute Gasteiger partial charge is 0.411 e. The number of aromatic nitrogens is 2. The second kappa shape index (κ2) is 5.95. The summed E-state index contributed by atoms with van der Waals surface area (Å²) >= 11 is 1.72. The van der Waals surface area contributed by atoms with Crippen LogP contribution in [0.4, 0.5) is 0 Å². The predicted molar refractivity (Wildman–Crippen MR) is 104 cm³/mol. The molecule has 2 aromatic heterocycles. The molecule has 0 amide bonds. The number of hydrogen-bond acceptors (Lipinski definition) is 4. The number of rotatable bonds is 4. The number of benzene rings is 1. The Morgan fingerprint density at radius 1 is 1.19 bits per heavy atom. The molecule has 0 saturated heterocycles. The molecule has 5 rings (SSSR count). The van der Waals surface area contributed by atoms with Crippen LogP contribution in [0.15, 0.2) is 58.4 Å². The quantitative estimate of drug-likeness (QED) is 0.405. The fraction of sp³-hybridized carbons (Fsp3) is 0.238. The molecule has 5 heteroatoms. The zero-order valence-corrected chi connectivity index (χ0v) is 15.0. The molecule has 2 aliphatic rings. The topological polar surface area (TPSA) is 61.3 Å². The van der Waals surface area contributed by atoms with Gasteiger partial charge in [-0.3, -0.25) is 5.10 Å². The van der Waals surface area contributed by atoms with E-state index in [2.05, 4.69) is 74.7 Å². The highest BCUT2D eigenvalue weighted by atomic mass is 32.1. The molecule has 0 spiro atoms. The van der Waals surface area contributed by atoms with Crippen molar-refractivity contribution >= 4 is 23.1 Å². The number of fused-ring (bicyclic) bond motifs is 1. The Kier molecular flexibility index (Phi) is 3.57. The van der Waals surface area contributed by atoms with Crippen molar-refractivity contribution in [3.8, 4) is 0 Å². The number of aromatic amines is 1. The Morgan fingerprint density at radius 3 is 2.73 bits per heavy atom. The Morgan fingerprint density at radius 2 is 2.04 bits per heavy atom. The molecule has 3 aromatic rings. The average Bonchev–Trinajstić information content (AvgIpc) is 3.20. The van der Waals surface area contributed by atoms with E-state index in [9.17, 15) is 5.21 Å². The molecule has 2 N–H and O–H groups in total. The van der Waals surface area contributed by atoms with Crippen LogP contribution in [-0.4, -0.2) is 21.1 Å². The highest BCUT2D eigenvalue weighted by Gasteiger charge is 2.39. The molecule has 1 fully saturated rings. The first kappa shape index (κ1) is 15.6. The number of hydrogen-bond donors (Lipinski definition) is 2. The summed E-state index contributed by atoms with van der Waals surface area (Å²) in [4.78, 5) is 0. The number of nitrogens with zero attached hydrogens (tertiary/aromatic N) is 2. The number of thiophene rings is 1. The van der Waals surface area contributed by atoms with Crippen LogP contribution in [0.5, 0.6) is 0 Å². The zero-order valence-electron chi connectivity index (χ0n) is 14.2. The smallest absolute Gasteiger partial charge is 0.117 e. The molecule has 1 unspecified atom stereocenters. The molecular weight excluding hydrogens is 342 g/mol. The van der Waals surface area contributed by atoms with Crippen LogP contribution in [0.25, 0.3) is 6.08 Å². The maximum absolute atomic E-state index is 9.45. The van der Waals surface area contributed by atoms with Gasteiger partial charge in [0.2, 0.25) is 0 Å². The van der Waals surface area contributed by atoms with Gasteiger partial charge in [0.25, 0.3) is 0 Å². The van der Waals surface area contributed by atoms with Crippen molar-refractivity contribution in [1.29, 1.82) is 0 Å². The molecule has 130 valence electrons. The van der Waals surface area contributed by atoms with Crippen molar-refractivity contribution in [2.45, 2.75) is 24.7 Å². The van der Waals surface area contributed by atoms with Crippen LogP contribution in [-0.2, 0) is 11.8 Å². The summed E-state index contributed by atoms with van der Waals surface area (Å²) in [6.07, 6.45) is 7.40. The van der Waals surface area contributed by atoms with Gasteiger partial charge in [0.05, 0.1) is 0 Å². The van der Waals surface area contributed by atoms with Crippen LogP contribution >= 0.6 is 11.3 Å². The van der Waals surface area contributed by atoms with Gasteiger partial charge in [-0.15, -0.1) is 0 Å². The lowest BCUT2D eigenvalue weighted by Crippen LogP contribution is -2.30. The third kappa shape index (κ3) is 2.35. The predicted octanol–water partition coefficient (Wildman–Crippen LogP) is 4.62. The van der Waals surface area contributed by atoms with Gasteiger partial charge in [0, 0.05) is 29.0 Å². The van der Waals surface area contributed by atoms with E-state index in [1.54, 1.807) is 11.3 Å². The lowest BCUT2D eigenvalue weighted by atomic mass is 9.69. The van der Waals surface area contributed by atoms with E-state index >= 15 is 0 Å². The zero-order chi connectivity index (χ0) is 17.6. The standard InChI is InChI=1S/C21H19N3OS/c25-24-19(14-6-7-14)20-17-8-10-21(12-18(17)22-23-20,16-9-11-26-13-16)15-4-2-1-3-5-15/h1-5,8-11,13-14,25H,6-7,12H2,(H,22,23). The van der Waals surface area contributed by atoms with E-state index in [1.807, 2.05) is 0 Å². The maximum Gasteiger partial charge on any atom is 0.117 e. The van der Waals surface area contributed by atoms with Crippen molar-refractivity contribution in [2.75, 3.05) is 0 Å². The van der Waals surface area contributed by atoms with E-state index in [0.717, 1.165) is 41.9 Å². The lowest BCUT2D eigenvalue weighted by molar-refractivity contribution is 0.317. The highest BCUT2D eigenvalue weighted by molar-refractivity contribution is 7.08. The van der Waals surface area contributed by atoms with Gasteiger partial charge in [-0.1, -0.05) is 47.6 Å². The third-order valence-electron chi connectivity index (χ3n) is 5.51. The van der Waals surface area contributed by atoms with Crippen LogP contribution in [0, 0.1) is 5.92 Å². The van der Waals surface area contributed by atoms with Crippen LogP contribution in [0.2, 0.25) is 0 Å². The van der Waals surface area contributed by atoms with E-state index < -0.39 is 0 Å². The molecule has 1 atom stereocenters. The Balaban J connectivity index is 1.63. The van der Waals surface area contributed by atoms with Gasteiger partial charge in [0.1, 0.15) is 11.4 Å². The minimum Gasteiger partial charge on any atom is -0.411 e. The first-order valence-electron chi connectivity index (χ1n) is 8.89. The fourth-order valence-corrected chi connectivity index (χ4v) is 4.70. The molecule has 1 saturated carbocycles. The van der Waals surface area contributed by atoms with E-state index in [1.165, 1.54) is 11.1 Å². The maximum atomic E-state index is 9.45. The SMILES string of the molecule is ON=C(c1n[nH]c2c1C=CC(c1ccccc1)(c1ccsc1)C2)C1CC1. The first-order valence-corrected chi connectivity index (χ1v) is 9.83. The summed E-state index contributed by atoms with van der Waals surface area (Å²) in [5, 5.41) is 25.1. The normalized spacial score (nSPS) is 22.4. The second-order valence-electron chi connectivity index (χ2n) is 7.08. The van der Waals surface area contributed by atoms with E-state index in [0.29, 0.717) is 5.92 Å². The van der Waals surface area contributed by atoms with E-state index in [-0.39, 0.29) is 5.41 Å². The van der Waals surface area contributed by atoms with Crippen molar-refractivity contribution in [3.05, 3.63) is 81.3 Å². The molecular formula is C21H19N3OS. The molecule has 2 aliphatic carbocycles. The Labute approximate surface area is 155 Å². The van der Waals surface area contributed by atoms with Gasteiger partial charge in [0.15, 0.2) is 0 Å². The van der Waals surface area contributed by atoms with E-state index in [4.69, 9.17) is 0 Å². The number of nitrogens with one attached hydrogen (secondary N) is 1. The first-order chi connectivity index (χ1) is 12.8. The van der Waals surface area contributed by atoms with Crippen molar-refractivity contribution in [2.24, 2.45) is 11.1 Å². The molecule has 0 radical (unpaired) electrons. The molecule has 2 heterocycles. The fourth-order valence-electron chi connectivity index (χ4n) is 3.96. The molecule has 0 aliphatic heterocycles. The van der Waals surface area contributed by atoms with Crippen LogP contribution < -0.4 is 0 Å². The highest BCUT2D eigenvalue weighted by Crippen LogP contribution is 2.43. The summed E-state index contributed by atoms with van der Waals surface area (Å²) in [6, 6.07) is 12.8. The average molecular weight is 361 g/mol. The van der Waals surface area contributed by atoms with Gasteiger partial charge in [-0.2, -0.15) is 16.4 Å².